The lowest BCUT2D eigenvalue weighted by Crippen LogP contribution is -2.38. The molecule has 0 radical (unpaired) electrons. The van der Waals surface area contributed by atoms with E-state index in [0.717, 1.165) is 57.3 Å². The van der Waals surface area contributed by atoms with Crippen LogP contribution in [-0.4, -0.2) is 43.8 Å². The molecule has 0 spiro atoms. The summed E-state index contributed by atoms with van der Waals surface area (Å²) < 4.78 is 5.57. The Balaban J connectivity index is 2.24. The molecule has 1 aromatic heterocycles. The van der Waals surface area contributed by atoms with Gasteiger partial charge in [-0.1, -0.05) is 19.9 Å². The summed E-state index contributed by atoms with van der Waals surface area (Å²) in [7, 11) is 0. The molecule has 0 aliphatic rings. The molecule has 0 aromatic carbocycles. The second-order valence-electron chi connectivity index (χ2n) is 6.07. The van der Waals surface area contributed by atoms with Crippen LogP contribution in [0.2, 0.25) is 0 Å². The second kappa shape index (κ2) is 11.9. The predicted molar refractivity (Wildman–Crippen MR) is 96.9 cm³/mol. The number of rotatable bonds is 10. The monoisotopic (exact) mass is 320 g/mol. The number of aryl methyl sites for hydroxylation is 1. The minimum atomic E-state index is 0.591. The van der Waals surface area contributed by atoms with Crippen LogP contribution in [0.25, 0.3) is 0 Å². The lowest BCUT2D eigenvalue weighted by Gasteiger charge is -2.11. The first-order valence-corrected chi connectivity index (χ1v) is 8.63. The van der Waals surface area contributed by atoms with E-state index in [2.05, 4.69) is 47.4 Å². The van der Waals surface area contributed by atoms with Crippen molar-refractivity contribution in [3.63, 3.8) is 0 Å². The average molecular weight is 320 g/mol. The largest absolute Gasteiger partial charge is 0.381 e. The van der Waals surface area contributed by atoms with E-state index in [-0.39, 0.29) is 0 Å². The second-order valence-corrected chi connectivity index (χ2v) is 6.07. The van der Waals surface area contributed by atoms with E-state index in [0.29, 0.717) is 5.92 Å². The van der Waals surface area contributed by atoms with Gasteiger partial charge in [-0.25, -0.2) is 0 Å². The third-order valence-electron chi connectivity index (χ3n) is 3.19. The van der Waals surface area contributed by atoms with Crippen LogP contribution in [0.5, 0.6) is 0 Å². The molecule has 0 saturated carbocycles. The summed E-state index contributed by atoms with van der Waals surface area (Å²) in [6.45, 7) is 12.5. The molecule has 130 valence electrons. The van der Waals surface area contributed by atoms with Crippen molar-refractivity contribution in [3.05, 3.63) is 29.6 Å². The van der Waals surface area contributed by atoms with Crippen LogP contribution in [0.15, 0.2) is 23.3 Å². The fourth-order valence-corrected chi connectivity index (χ4v) is 1.99. The first-order chi connectivity index (χ1) is 11.1. The van der Waals surface area contributed by atoms with Gasteiger partial charge in [-0.3, -0.25) is 9.98 Å². The zero-order valence-electron chi connectivity index (χ0n) is 15.1. The van der Waals surface area contributed by atoms with Gasteiger partial charge in [0, 0.05) is 44.7 Å². The van der Waals surface area contributed by atoms with Crippen LogP contribution in [0.3, 0.4) is 0 Å². The van der Waals surface area contributed by atoms with Crippen LogP contribution in [0.4, 0.5) is 0 Å². The van der Waals surface area contributed by atoms with Crippen molar-refractivity contribution in [2.75, 3.05) is 32.8 Å². The molecule has 5 nitrogen and oxygen atoms in total. The van der Waals surface area contributed by atoms with Crippen molar-refractivity contribution in [3.8, 4) is 0 Å². The third-order valence-corrected chi connectivity index (χ3v) is 3.19. The number of aromatic nitrogens is 1. The lowest BCUT2D eigenvalue weighted by molar-refractivity contribution is 0.109. The van der Waals surface area contributed by atoms with Crippen molar-refractivity contribution in [1.29, 1.82) is 0 Å². The van der Waals surface area contributed by atoms with E-state index < -0.39 is 0 Å². The van der Waals surface area contributed by atoms with Gasteiger partial charge in [0.25, 0.3) is 0 Å². The highest BCUT2D eigenvalue weighted by Crippen LogP contribution is 1.99. The molecule has 1 heterocycles. The Morgan fingerprint density at radius 2 is 2.13 bits per heavy atom. The smallest absolute Gasteiger partial charge is 0.191 e. The Labute approximate surface area is 141 Å². The highest BCUT2D eigenvalue weighted by molar-refractivity contribution is 5.79. The zero-order valence-corrected chi connectivity index (χ0v) is 15.1. The lowest BCUT2D eigenvalue weighted by atomic mass is 10.2. The maximum atomic E-state index is 5.57. The summed E-state index contributed by atoms with van der Waals surface area (Å²) in [5, 5.41) is 6.63. The van der Waals surface area contributed by atoms with Gasteiger partial charge in [0.2, 0.25) is 0 Å². The summed E-state index contributed by atoms with van der Waals surface area (Å²) in [5.74, 6) is 1.46. The maximum absolute atomic E-state index is 5.57. The predicted octanol–water partition coefficient (Wildman–Crippen LogP) is 2.55. The Morgan fingerprint density at radius 1 is 1.30 bits per heavy atom. The van der Waals surface area contributed by atoms with E-state index >= 15 is 0 Å². The first kappa shape index (κ1) is 19.4. The van der Waals surface area contributed by atoms with E-state index in [1.807, 2.05) is 19.2 Å². The Morgan fingerprint density at radius 3 is 2.78 bits per heavy atom. The molecule has 23 heavy (non-hydrogen) atoms. The standard InChI is InChI=1S/C18H32N4O/c1-5-19-18(20-10-6-12-23-14-15(2)3)21-11-9-17-8-7-16(4)22-13-17/h7-8,13,15H,5-6,9-12,14H2,1-4H3,(H2,19,20,21). The number of aliphatic imine (C=N–C) groups is 1. The normalized spacial score (nSPS) is 11.8. The molecule has 0 aliphatic carbocycles. The molecule has 0 saturated heterocycles. The topological polar surface area (TPSA) is 58.5 Å². The van der Waals surface area contributed by atoms with Crippen molar-refractivity contribution < 1.29 is 4.74 Å². The summed E-state index contributed by atoms with van der Waals surface area (Å²) in [4.78, 5) is 8.89. The third kappa shape index (κ3) is 9.89. The number of guanidine groups is 1. The molecule has 0 fully saturated rings. The molecule has 5 heteroatoms. The van der Waals surface area contributed by atoms with Crippen LogP contribution in [0.1, 0.15) is 38.4 Å². The number of pyridine rings is 1. The highest BCUT2D eigenvalue weighted by atomic mass is 16.5. The van der Waals surface area contributed by atoms with Gasteiger partial charge < -0.3 is 15.4 Å². The quantitative estimate of drug-likeness (QED) is 0.395. The molecule has 0 aliphatic heterocycles. The Bertz CT molecular complexity index is 443. The molecule has 2 N–H and O–H groups in total. The van der Waals surface area contributed by atoms with Crippen LogP contribution >= 0.6 is 0 Å². The highest BCUT2D eigenvalue weighted by Gasteiger charge is 1.99. The molecule has 0 unspecified atom stereocenters. The fourth-order valence-electron chi connectivity index (χ4n) is 1.99. The van der Waals surface area contributed by atoms with Crippen molar-refractivity contribution in [1.82, 2.24) is 15.6 Å². The molecule has 1 aromatic rings. The summed E-state index contributed by atoms with van der Waals surface area (Å²) in [6, 6.07) is 4.17. The number of hydrogen-bond donors (Lipinski definition) is 2. The number of nitrogens with zero attached hydrogens (tertiary/aromatic N) is 2. The van der Waals surface area contributed by atoms with E-state index in [1.165, 1.54) is 5.56 Å². The van der Waals surface area contributed by atoms with Gasteiger partial charge >= 0.3 is 0 Å². The SMILES string of the molecule is CCNC(=NCCCOCC(C)C)NCCc1ccc(C)nc1. The Hall–Kier alpha value is -1.62. The molecule has 0 atom stereocenters. The molecular formula is C18H32N4O. The van der Waals surface area contributed by atoms with Crippen LogP contribution < -0.4 is 10.6 Å². The maximum Gasteiger partial charge on any atom is 0.191 e. The molecular weight excluding hydrogens is 288 g/mol. The van der Waals surface area contributed by atoms with Crippen LogP contribution in [0, 0.1) is 12.8 Å². The van der Waals surface area contributed by atoms with E-state index in [9.17, 15) is 0 Å². The van der Waals surface area contributed by atoms with Crippen LogP contribution in [-0.2, 0) is 11.2 Å². The van der Waals surface area contributed by atoms with E-state index in [4.69, 9.17) is 4.74 Å². The van der Waals surface area contributed by atoms with Gasteiger partial charge in [0.15, 0.2) is 5.96 Å². The summed E-state index contributed by atoms with van der Waals surface area (Å²) in [5.41, 5.74) is 2.29. The first-order valence-electron chi connectivity index (χ1n) is 8.63. The molecule has 1 rings (SSSR count). The van der Waals surface area contributed by atoms with E-state index in [1.54, 1.807) is 0 Å². The van der Waals surface area contributed by atoms with Crippen molar-refractivity contribution in [2.24, 2.45) is 10.9 Å². The van der Waals surface area contributed by atoms with Gasteiger partial charge in [0.05, 0.1) is 0 Å². The fraction of sp³-hybridized carbons (Fsp3) is 0.667. The minimum Gasteiger partial charge on any atom is -0.381 e. The zero-order chi connectivity index (χ0) is 16.9. The minimum absolute atomic E-state index is 0.591. The summed E-state index contributed by atoms with van der Waals surface area (Å²) >= 11 is 0. The molecule has 0 amide bonds. The van der Waals surface area contributed by atoms with Gasteiger partial charge in [-0.2, -0.15) is 0 Å². The molecule has 0 bridgehead atoms. The number of hydrogen-bond acceptors (Lipinski definition) is 3. The number of nitrogens with one attached hydrogen (secondary N) is 2. The summed E-state index contributed by atoms with van der Waals surface area (Å²) in [6.07, 6.45) is 3.83. The Kier molecular flexibility index (Phi) is 10.0. The average Bonchev–Trinajstić information content (AvgIpc) is 2.52. The van der Waals surface area contributed by atoms with Gasteiger partial charge in [0.1, 0.15) is 0 Å². The van der Waals surface area contributed by atoms with Crippen molar-refractivity contribution in [2.45, 2.75) is 40.5 Å². The number of ether oxygens (including phenoxy) is 1. The van der Waals surface area contributed by atoms with Gasteiger partial charge in [-0.15, -0.1) is 0 Å². The van der Waals surface area contributed by atoms with Gasteiger partial charge in [-0.05, 0) is 44.2 Å². The van der Waals surface area contributed by atoms with Crippen molar-refractivity contribution >= 4 is 5.96 Å².